The second kappa shape index (κ2) is 8.57. The molecule has 2 aromatic heterocycles. The quantitative estimate of drug-likeness (QED) is 0.648. The Morgan fingerprint density at radius 1 is 1.07 bits per heavy atom. The highest BCUT2D eigenvalue weighted by Gasteiger charge is 2.16. The third kappa shape index (κ3) is 4.71. The first-order chi connectivity index (χ1) is 14.4. The highest BCUT2D eigenvalue weighted by molar-refractivity contribution is 5.48. The van der Waals surface area contributed by atoms with Crippen molar-refractivity contribution in [3.63, 3.8) is 0 Å². The van der Waals surface area contributed by atoms with Gasteiger partial charge < -0.3 is 15.4 Å². The van der Waals surface area contributed by atoms with Gasteiger partial charge >= 0.3 is 0 Å². The van der Waals surface area contributed by atoms with Crippen LogP contribution in [-0.4, -0.2) is 57.8 Å². The maximum atomic E-state index is 5.43. The minimum atomic E-state index is 0.156. The van der Waals surface area contributed by atoms with Crippen molar-refractivity contribution in [2.24, 2.45) is 0 Å². The van der Waals surface area contributed by atoms with Crippen molar-refractivity contribution in [1.82, 2.24) is 24.5 Å². The number of hydrogen-bond donors (Lipinski definition) is 2. The third-order valence-electron chi connectivity index (χ3n) is 5.38. The molecule has 0 bridgehead atoms. The standard InChI is InChI=1S/C22H31N7O/c1-22(2,3)17-7-5-16(6-8-17)14-24-20-26-21-25-18(13-19(23-4)29(21)27-20)15-28-9-11-30-12-10-28/h5-8,13,23H,9-12,14-15H2,1-4H3,(H,24,27). The molecule has 160 valence electrons. The summed E-state index contributed by atoms with van der Waals surface area (Å²) in [6.45, 7) is 11.5. The van der Waals surface area contributed by atoms with Crippen LogP contribution < -0.4 is 10.6 Å². The number of aromatic nitrogens is 4. The summed E-state index contributed by atoms with van der Waals surface area (Å²) in [5.74, 6) is 2.04. The fourth-order valence-corrected chi connectivity index (χ4v) is 3.54. The molecule has 3 aromatic rings. The fraction of sp³-hybridized carbons (Fsp3) is 0.500. The third-order valence-corrected chi connectivity index (χ3v) is 5.38. The average Bonchev–Trinajstić information content (AvgIpc) is 3.15. The van der Waals surface area contributed by atoms with E-state index in [0.717, 1.165) is 44.4 Å². The van der Waals surface area contributed by atoms with Gasteiger partial charge in [0.1, 0.15) is 5.82 Å². The SMILES string of the molecule is CNc1cc(CN2CCOCC2)nc2nc(NCc3ccc(C(C)(C)C)cc3)nn12. The molecule has 1 saturated heterocycles. The van der Waals surface area contributed by atoms with Crippen LogP contribution in [0.1, 0.15) is 37.6 Å². The van der Waals surface area contributed by atoms with Crippen LogP contribution in [0.4, 0.5) is 11.8 Å². The monoisotopic (exact) mass is 409 g/mol. The highest BCUT2D eigenvalue weighted by atomic mass is 16.5. The van der Waals surface area contributed by atoms with Crippen molar-refractivity contribution < 1.29 is 4.74 Å². The molecule has 1 aliphatic rings. The van der Waals surface area contributed by atoms with E-state index < -0.39 is 0 Å². The van der Waals surface area contributed by atoms with Crippen LogP contribution in [0.3, 0.4) is 0 Å². The molecule has 8 nitrogen and oxygen atoms in total. The number of nitrogens with one attached hydrogen (secondary N) is 2. The minimum Gasteiger partial charge on any atom is -0.379 e. The molecule has 0 amide bonds. The lowest BCUT2D eigenvalue weighted by atomic mass is 9.87. The number of fused-ring (bicyclic) bond motifs is 1. The molecule has 30 heavy (non-hydrogen) atoms. The summed E-state index contributed by atoms with van der Waals surface area (Å²) in [5.41, 5.74) is 3.65. The van der Waals surface area contributed by atoms with Crippen LogP contribution in [0.25, 0.3) is 5.78 Å². The molecule has 4 rings (SSSR count). The Kier molecular flexibility index (Phi) is 5.87. The molecule has 0 atom stereocenters. The minimum absolute atomic E-state index is 0.156. The lowest BCUT2D eigenvalue weighted by molar-refractivity contribution is 0.0337. The van der Waals surface area contributed by atoms with E-state index in [4.69, 9.17) is 9.72 Å². The summed E-state index contributed by atoms with van der Waals surface area (Å²) in [5, 5.41) is 11.1. The van der Waals surface area contributed by atoms with E-state index in [1.165, 1.54) is 11.1 Å². The molecular weight excluding hydrogens is 378 g/mol. The van der Waals surface area contributed by atoms with Crippen molar-refractivity contribution >= 4 is 17.5 Å². The number of morpholine rings is 1. The van der Waals surface area contributed by atoms with E-state index in [-0.39, 0.29) is 5.41 Å². The zero-order valence-corrected chi connectivity index (χ0v) is 18.3. The molecule has 0 saturated carbocycles. The Hall–Kier alpha value is -2.71. The van der Waals surface area contributed by atoms with Crippen molar-refractivity contribution in [3.05, 3.63) is 47.2 Å². The highest BCUT2D eigenvalue weighted by Crippen LogP contribution is 2.22. The summed E-state index contributed by atoms with van der Waals surface area (Å²) in [6.07, 6.45) is 0. The van der Waals surface area contributed by atoms with Gasteiger partial charge in [0.05, 0.1) is 18.9 Å². The zero-order chi connectivity index (χ0) is 21.1. The van der Waals surface area contributed by atoms with Crippen LogP contribution >= 0.6 is 0 Å². The number of rotatable bonds is 6. The first kappa shape index (κ1) is 20.6. The molecule has 1 fully saturated rings. The van der Waals surface area contributed by atoms with Gasteiger partial charge in [-0.3, -0.25) is 4.90 Å². The topological polar surface area (TPSA) is 79.6 Å². The second-order valence-electron chi connectivity index (χ2n) is 8.72. The maximum absolute atomic E-state index is 5.43. The van der Waals surface area contributed by atoms with Gasteiger partial charge in [0.25, 0.3) is 5.78 Å². The predicted molar refractivity (Wildman–Crippen MR) is 119 cm³/mol. The summed E-state index contributed by atoms with van der Waals surface area (Å²) >= 11 is 0. The maximum Gasteiger partial charge on any atom is 0.256 e. The summed E-state index contributed by atoms with van der Waals surface area (Å²) in [4.78, 5) is 11.7. The molecule has 0 radical (unpaired) electrons. The van der Waals surface area contributed by atoms with Gasteiger partial charge in [-0.15, -0.1) is 5.10 Å². The summed E-state index contributed by atoms with van der Waals surface area (Å²) < 4.78 is 7.18. The molecule has 2 N–H and O–H groups in total. The second-order valence-corrected chi connectivity index (χ2v) is 8.72. The number of nitrogens with zero attached hydrogens (tertiary/aromatic N) is 5. The van der Waals surface area contributed by atoms with Gasteiger partial charge in [-0.25, -0.2) is 4.98 Å². The number of ether oxygens (including phenoxy) is 1. The predicted octanol–water partition coefficient (Wildman–Crippen LogP) is 2.91. The Balaban J connectivity index is 1.48. The Morgan fingerprint density at radius 3 is 2.47 bits per heavy atom. The summed E-state index contributed by atoms with van der Waals surface area (Å²) in [6, 6.07) is 10.7. The van der Waals surface area contributed by atoms with Crippen molar-refractivity contribution in [3.8, 4) is 0 Å². The zero-order valence-electron chi connectivity index (χ0n) is 18.3. The Labute approximate surface area is 177 Å². The molecule has 0 unspecified atom stereocenters. The van der Waals surface area contributed by atoms with Gasteiger partial charge in [0.2, 0.25) is 5.95 Å². The molecule has 3 heterocycles. The normalized spacial score (nSPS) is 15.5. The first-order valence-corrected chi connectivity index (χ1v) is 10.5. The first-order valence-electron chi connectivity index (χ1n) is 10.5. The van der Waals surface area contributed by atoms with Crippen molar-refractivity contribution in [1.29, 1.82) is 0 Å². The van der Waals surface area contributed by atoms with Crippen LogP contribution in [0.15, 0.2) is 30.3 Å². The fourth-order valence-electron chi connectivity index (χ4n) is 3.54. The van der Waals surface area contributed by atoms with Gasteiger partial charge in [0, 0.05) is 39.3 Å². The van der Waals surface area contributed by atoms with E-state index in [2.05, 4.69) is 70.7 Å². The van der Waals surface area contributed by atoms with E-state index in [1.54, 1.807) is 4.52 Å². The van der Waals surface area contributed by atoms with Gasteiger partial charge in [-0.2, -0.15) is 9.50 Å². The molecule has 0 spiro atoms. The molecule has 8 heteroatoms. The lowest BCUT2D eigenvalue weighted by Gasteiger charge is -2.26. The van der Waals surface area contributed by atoms with Gasteiger partial charge in [-0.1, -0.05) is 45.0 Å². The van der Waals surface area contributed by atoms with Crippen LogP contribution in [0.2, 0.25) is 0 Å². The Morgan fingerprint density at radius 2 is 1.80 bits per heavy atom. The number of hydrogen-bond acceptors (Lipinski definition) is 7. The van der Waals surface area contributed by atoms with Crippen molar-refractivity contribution in [2.75, 3.05) is 44.0 Å². The van der Waals surface area contributed by atoms with Gasteiger partial charge in [0.15, 0.2) is 0 Å². The van der Waals surface area contributed by atoms with Crippen LogP contribution in [-0.2, 0) is 23.2 Å². The van der Waals surface area contributed by atoms with Crippen molar-refractivity contribution in [2.45, 2.75) is 39.3 Å². The largest absolute Gasteiger partial charge is 0.379 e. The smallest absolute Gasteiger partial charge is 0.256 e. The van der Waals surface area contributed by atoms with E-state index in [9.17, 15) is 0 Å². The van der Waals surface area contributed by atoms with Crippen LogP contribution in [0.5, 0.6) is 0 Å². The summed E-state index contributed by atoms with van der Waals surface area (Å²) in [7, 11) is 1.89. The van der Waals surface area contributed by atoms with E-state index in [0.29, 0.717) is 18.3 Å². The van der Waals surface area contributed by atoms with E-state index in [1.807, 2.05) is 13.1 Å². The van der Waals surface area contributed by atoms with E-state index >= 15 is 0 Å². The number of anilines is 2. The lowest BCUT2D eigenvalue weighted by Crippen LogP contribution is -2.35. The van der Waals surface area contributed by atoms with Crippen LogP contribution in [0, 0.1) is 0 Å². The molecule has 1 aliphatic heterocycles. The molecule has 0 aliphatic carbocycles. The number of benzene rings is 1. The average molecular weight is 410 g/mol. The molecular formula is C22H31N7O. The Bertz CT molecular complexity index is 985. The molecule has 1 aromatic carbocycles. The van der Waals surface area contributed by atoms with Gasteiger partial charge in [-0.05, 0) is 16.5 Å².